The largest absolute Gasteiger partial charge is 0.469 e. The Morgan fingerprint density at radius 1 is 1.21 bits per heavy atom. The van der Waals surface area contributed by atoms with Crippen LogP contribution in [0.1, 0.15) is 25.3 Å². The second-order valence-corrected chi connectivity index (χ2v) is 3.66. The Morgan fingerprint density at radius 3 is 2.21 bits per heavy atom. The van der Waals surface area contributed by atoms with Crippen LogP contribution in [0.5, 0.6) is 0 Å². The minimum absolute atomic E-state index is 0.152. The predicted octanol–water partition coefficient (Wildman–Crippen LogP) is 2.60. The molecule has 0 saturated carbocycles. The Bertz CT molecular complexity index is 290. The molecule has 0 unspecified atom stereocenters. The van der Waals surface area contributed by atoms with Crippen LogP contribution in [0.3, 0.4) is 0 Å². The van der Waals surface area contributed by atoms with E-state index < -0.39 is 0 Å². The summed E-state index contributed by atoms with van der Waals surface area (Å²) in [5.74, 6) is -0.0581. The number of hydrogen-bond donors (Lipinski definition) is 0. The first-order valence-corrected chi connectivity index (χ1v) is 4.79. The number of methoxy groups -OCH3 is 1. The van der Waals surface area contributed by atoms with Crippen LogP contribution in [0.15, 0.2) is 30.3 Å². The second-order valence-electron chi connectivity index (χ2n) is 3.66. The molecule has 0 N–H and O–H groups in total. The normalized spacial score (nSPS) is 12.6. The topological polar surface area (TPSA) is 26.3 Å². The van der Waals surface area contributed by atoms with Crippen LogP contribution in [0.25, 0.3) is 0 Å². The molecule has 0 radical (unpaired) electrons. The van der Waals surface area contributed by atoms with Gasteiger partial charge < -0.3 is 4.74 Å². The van der Waals surface area contributed by atoms with Crippen molar-refractivity contribution in [2.45, 2.75) is 19.8 Å². The Labute approximate surface area is 84.9 Å². The number of benzene rings is 1. The standard InChI is InChI=1S/C12H16O2/c1-9(2)11(12(13)14-3)10-7-5-4-6-8-10/h4-9,11H,1-3H3/t11-/m1/s1. The van der Waals surface area contributed by atoms with Crippen LogP contribution >= 0.6 is 0 Å². The summed E-state index contributed by atoms with van der Waals surface area (Å²) in [6, 6.07) is 9.74. The summed E-state index contributed by atoms with van der Waals surface area (Å²) in [4.78, 5) is 11.5. The number of ether oxygens (including phenoxy) is 1. The van der Waals surface area contributed by atoms with E-state index in [9.17, 15) is 4.79 Å². The zero-order valence-electron chi connectivity index (χ0n) is 8.86. The van der Waals surface area contributed by atoms with E-state index in [0.29, 0.717) is 0 Å². The van der Waals surface area contributed by atoms with Crippen molar-refractivity contribution in [3.05, 3.63) is 35.9 Å². The van der Waals surface area contributed by atoms with Crippen LogP contribution in [-0.2, 0) is 9.53 Å². The zero-order chi connectivity index (χ0) is 10.6. The molecule has 1 rings (SSSR count). The summed E-state index contributed by atoms with van der Waals surface area (Å²) in [5.41, 5.74) is 1.02. The minimum atomic E-state index is -0.161. The van der Waals surface area contributed by atoms with Gasteiger partial charge in [0.25, 0.3) is 0 Å². The summed E-state index contributed by atoms with van der Waals surface area (Å²) in [5, 5.41) is 0. The summed E-state index contributed by atoms with van der Waals surface area (Å²) >= 11 is 0. The molecule has 1 aromatic rings. The van der Waals surface area contributed by atoms with Gasteiger partial charge in [0.15, 0.2) is 0 Å². The molecule has 1 atom stereocenters. The van der Waals surface area contributed by atoms with Crippen LogP contribution in [-0.4, -0.2) is 13.1 Å². The van der Waals surface area contributed by atoms with E-state index in [2.05, 4.69) is 0 Å². The first kappa shape index (κ1) is 10.8. The van der Waals surface area contributed by atoms with Crippen molar-refractivity contribution in [2.24, 2.45) is 5.92 Å². The molecule has 0 aliphatic rings. The maximum atomic E-state index is 11.5. The van der Waals surface area contributed by atoms with Gasteiger partial charge in [-0.05, 0) is 11.5 Å². The van der Waals surface area contributed by atoms with E-state index in [1.807, 2.05) is 44.2 Å². The van der Waals surface area contributed by atoms with Crippen molar-refractivity contribution in [3.8, 4) is 0 Å². The van der Waals surface area contributed by atoms with Crippen LogP contribution in [0.4, 0.5) is 0 Å². The molecule has 2 heteroatoms. The molecule has 76 valence electrons. The monoisotopic (exact) mass is 192 g/mol. The smallest absolute Gasteiger partial charge is 0.313 e. The number of esters is 1. The minimum Gasteiger partial charge on any atom is -0.469 e. The summed E-state index contributed by atoms with van der Waals surface area (Å²) in [7, 11) is 1.43. The summed E-state index contributed by atoms with van der Waals surface area (Å²) < 4.78 is 4.79. The van der Waals surface area contributed by atoms with E-state index in [4.69, 9.17) is 4.74 Å². The van der Waals surface area contributed by atoms with Gasteiger partial charge in [0.1, 0.15) is 0 Å². The molecule has 0 fully saturated rings. The maximum Gasteiger partial charge on any atom is 0.313 e. The van der Waals surface area contributed by atoms with Gasteiger partial charge in [0.2, 0.25) is 0 Å². The first-order chi connectivity index (χ1) is 6.66. The van der Waals surface area contributed by atoms with Gasteiger partial charge in [-0.3, -0.25) is 4.79 Å². The lowest BCUT2D eigenvalue weighted by atomic mass is 9.89. The SMILES string of the molecule is COC(=O)[C@@H](c1ccccc1)C(C)C. The fourth-order valence-electron chi connectivity index (χ4n) is 1.58. The molecule has 0 saturated heterocycles. The van der Waals surface area contributed by atoms with Gasteiger partial charge in [0, 0.05) is 0 Å². The number of hydrogen-bond acceptors (Lipinski definition) is 2. The van der Waals surface area contributed by atoms with Crippen LogP contribution in [0, 0.1) is 5.92 Å². The molecule has 0 heterocycles. The molecular formula is C12H16O2. The van der Waals surface area contributed by atoms with Gasteiger partial charge in [-0.15, -0.1) is 0 Å². The van der Waals surface area contributed by atoms with Gasteiger partial charge >= 0.3 is 5.97 Å². The molecular weight excluding hydrogens is 176 g/mol. The van der Waals surface area contributed by atoms with E-state index in [-0.39, 0.29) is 17.8 Å². The fraction of sp³-hybridized carbons (Fsp3) is 0.417. The van der Waals surface area contributed by atoms with Crippen molar-refractivity contribution in [3.63, 3.8) is 0 Å². The van der Waals surface area contributed by atoms with Crippen LogP contribution < -0.4 is 0 Å². The zero-order valence-corrected chi connectivity index (χ0v) is 8.86. The fourth-order valence-corrected chi connectivity index (χ4v) is 1.58. The maximum absolute atomic E-state index is 11.5. The van der Waals surface area contributed by atoms with Gasteiger partial charge in [0.05, 0.1) is 13.0 Å². The number of carbonyl (C=O) groups excluding carboxylic acids is 1. The number of rotatable bonds is 3. The van der Waals surface area contributed by atoms with E-state index in [1.54, 1.807) is 0 Å². The summed E-state index contributed by atoms with van der Waals surface area (Å²) in [6.07, 6.45) is 0. The molecule has 1 aromatic carbocycles. The Morgan fingerprint density at radius 2 is 1.79 bits per heavy atom. The summed E-state index contributed by atoms with van der Waals surface area (Å²) in [6.45, 7) is 4.04. The van der Waals surface area contributed by atoms with Crippen molar-refractivity contribution in [2.75, 3.05) is 7.11 Å². The Balaban J connectivity index is 2.95. The lowest BCUT2D eigenvalue weighted by Crippen LogP contribution is -2.19. The second kappa shape index (κ2) is 4.80. The van der Waals surface area contributed by atoms with Crippen molar-refractivity contribution < 1.29 is 9.53 Å². The van der Waals surface area contributed by atoms with Gasteiger partial charge in [-0.1, -0.05) is 44.2 Å². The average Bonchev–Trinajstić information content (AvgIpc) is 2.19. The van der Waals surface area contributed by atoms with E-state index in [0.717, 1.165) is 5.56 Å². The van der Waals surface area contributed by atoms with Gasteiger partial charge in [-0.2, -0.15) is 0 Å². The third-order valence-electron chi connectivity index (χ3n) is 2.28. The lowest BCUT2D eigenvalue weighted by molar-refractivity contribution is -0.143. The molecule has 0 amide bonds. The first-order valence-electron chi connectivity index (χ1n) is 4.79. The van der Waals surface area contributed by atoms with Crippen molar-refractivity contribution >= 4 is 5.97 Å². The average molecular weight is 192 g/mol. The molecule has 0 aromatic heterocycles. The quantitative estimate of drug-likeness (QED) is 0.688. The molecule has 0 aliphatic carbocycles. The van der Waals surface area contributed by atoms with Gasteiger partial charge in [-0.25, -0.2) is 0 Å². The van der Waals surface area contributed by atoms with Crippen molar-refractivity contribution in [1.29, 1.82) is 0 Å². The van der Waals surface area contributed by atoms with Crippen molar-refractivity contribution in [1.82, 2.24) is 0 Å². The molecule has 14 heavy (non-hydrogen) atoms. The highest BCUT2D eigenvalue weighted by atomic mass is 16.5. The Kier molecular flexibility index (Phi) is 3.69. The molecule has 0 spiro atoms. The van der Waals surface area contributed by atoms with Crippen LogP contribution in [0.2, 0.25) is 0 Å². The molecule has 0 bridgehead atoms. The van der Waals surface area contributed by atoms with E-state index in [1.165, 1.54) is 7.11 Å². The Hall–Kier alpha value is -1.31. The molecule has 0 aliphatic heterocycles. The third kappa shape index (κ3) is 2.34. The highest BCUT2D eigenvalue weighted by molar-refractivity contribution is 5.78. The predicted molar refractivity (Wildman–Crippen MR) is 56.0 cm³/mol. The highest BCUT2D eigenvalue weighted by Crippen LogP contribution is 2.25. The molecule has 2 nitrogen and oxygen atoms in total. The van der Waals surface area contributed by atoms with E-state index >= 15 is 0 Å². The third-order valence-corrected chi connectivity index (χ3v) is 2.28. The highest BCUT2D eigenvalue weighted by Gasteiger charge is 2.24. The lowest BCUT2D eigenvalue weighted by Gasteiger charge is -2.18. The number of carbonyl (C=O) groups is 1.